The summed E-state index contributed by atoms with van der Waals surface area (Å²) in [6.45, 7) is 2.72. The Hall–Kier alpha value is -0.120. The van der Waals surface area contributed by atoms with E-state index in [1.54, 1.807) is 0 Å². The zero-order valence-electron chi connectivity index (χ0n) is 12.0. The fourth-order valence-corrected chi connectivity index (χ4v) is 5.27. The van der Waals surface area contributed by atoms with E-state index in [0.717, 1.165) is 24.4 Å². The van der Waals surface area contributed by atoms with Gasteiger partial charge >= 0.3 is 0 Å². The lowest BCUT2D eigenvalue weighted by Gasteiger charge is -2.57. The predicted octanol–water partition coefficient (Wildman–Crippen LogP) is 2.62. The van der Waals surface area contributed by atoms with Gasteiger partial charge in [0.2, 0.25) is 0 Å². The number of aliphatic hydroxyl groups is 1. The van der Waals surface area contributed by atoms with Crippen molar-refractivity contribution in [2.45, 2.75) is 44.9 Å². The van der Waals surface area contributed by atoms with Crippen molar-refractivity contribution < 1.29 is 14.6 Å². The summed E-state index contributed by atoms with van der Waals surface area (Å²) >= 11 is 0. The molecule has 0 saturated heterocycles. The SMILES string of the molecule is OCCOCCOCCC12CC3CC(CC(C3)C1)C2. The van der Waals surface area contributed by atoms with Gasteiger partial charge in [0, 0.05) is 6.61 Å². The van der Waals surface area contributed by atoms with Crippen molar-refractivity contribution in [3.8, 4) is 0 Å². The number of rotatable bonds is 8. The summed E-state index contributed by atoms with van der Waals surface area (Å²) in [6.07, 6.45) is 10.3. The second kappa shape index (κ2) is 6.11. The molecule has 3 nitrogen and oxygen atoms in total. The first-order valence-electron chi connectivity index (χ1n) is 8.06. The number of aliphatic hydroxyl groups excluding tert-OH is 1. The van der Waals surface area contributed by atoms with Crippen LogP contribution in [-0.2, 0) is 9.47 Å². The van der Waals surface area contributed by atoms with Crippen molar-refractivity contribution in [1.29, 1.82) is 0 Å². The molecular weight excluding hydrogens is 240 g/mol. The molecule has 4 saturated carbocycles. The summed E-state index contributed by atoms with van der Waals surface area (Å²) in [5.74, 6) is 3.12. The van der Waals surface area contributed by atoms with Crippen LogP contribution in [0.4, 0.5) is 0 Å². The second-order valence-electron chi connectivity index (χ2n) is 7.12. The van der Waals surface area contributed by atoms with Crippen molar-refractivity contribution in [2.24, 2.45) is 23.2 Å². The molecule has 4 bridgehead atoms. The molecule has 0 aromatic rings. The molecule has 4 fully saturated rings. The Kier molecular flexibility index (Phi) is 4.45. The number of hydrogen-bond donors (Lipinski definition) is 1. The summed E-state index contributed by atoms with van der Waals surface area (Å²) in [4.78, 5) is 0. The van der Waals surface area contributed by atoms with Gasteiger partial charge in [0.25, 0.3) is 0 Å². The van der Waals surface area contributed by atoms with E-state index in [4.69, 9.17) is 14.6 Å². The van der Waals surface area contributed by atoms with Crippen LogP contribution in [0.2, 0.25) is 0 Å². The molecule has 1 N–H and O–H groups in total. The van der Waals surface area contributed by atoms with E-state index in [2.05, 4.69) is 0 Å². The molecule has 0 unspecified atom stereocenters. The van der Waals surface area contributed by atoms with E-state index in [1.807, 2.05) is 0 Å². The van der Waals surface area contributed by atoms with E-state index in [0.29, 0.717) is 25.2 Å². The topological polar surface area (TPSA) is 38.7 Å². The highest BCUT2D eigenvalue weighted by atomic mass is 16.5. The predicted molar refractivity (Wildman–Crippen MR) is 73.9 cm³/mol. The highest BCUT2D eigenvalue weighted by molar-refractivity contribution is 5.01. The Labute approximate surface area is 116 Å². The summed E-state index contributed by atoms with van der Waals surface area (Å²) in [5.41, 5.74) is 0.640. The van der Waals surface area contributed by atoms with Crippen LogP contribution in [0.5, 0.6) is 0 Å². The molecule has 4 aliphatic carbocycles. The summed E-state index contributed by atoms with van der Waals surface area (Å²) in [6, 6.07) is 0. The first kappa shape index (κ1) is 13.8. The minimum atomic E-state index is 0.104. The molecule has 3 heteroatoms. The van der Waals surface area contributed by atoms with Gasteiger partial charge in [0.15, 0.2) is 0 Å². The van der Waals surface area contributed by atoms with Gasteiger partial charge in [-0.1, -0.05) is 0 Å². The first-order valence-corrected chi connectivity index (χ1v) is 8.06. The average molecular weight is 268 g/mol. The Balaban J connectivity index is 1.36. The molecule has 0 aromatic carbocycles. The number of hydrogen-bond acceptors (Lipinski definition) is 3. The smallest absolute Gasteiger partial charge is 0.0701 e. The van der Waals surface area contributed by atoms with Crippen LogP contribution < -0.4 is 0 Å². The van der Waals surface area contributed by atoms with Crippen LogP contribution in [0, 0.1) is 23.2 Å². The third-order valence-corrected chi connectivity index (χ3v) is 5.55. The maximum absolute atomic E-state index is 8.60. The van der Waals surface area contributed by atoms with Gasteiger partial charge in [-0.2, -0.15) is 0 Å². The van der Waals surface area contributed by atoms with Crippen LogP contribution in [0.25, 0.3) is 0 Å². The van der Waals surface area contributed by atoms with Gasteiger partial charge in [0.1, 0.15) is 0 Å². The van der Waals surface area contributed by atoms with Gasteiger partial charge in [0.05, 0.1) is 26.4 Å². The van der Waals surface area contributed by atoms with Crippen molar-refractivity contribution in [3.63, 3.8) is 0 Å². The average Bonchev–Trinajstić information content (AvgIpc) is 2.36. The Morgan fingerprint density at radius 2 is 1.32 bits per heavy atom. The quantitative estimate of drug-likeness (QED) is 0.688. The molecule has 4 aliphatic rings. The molecule has 0 radical (unpaired) electrons. The fourth-order valence-electron chi connectivity index (χ4n) is 5.27. The van der Waals surface area contributed by atoms with Gasteiger partial charge in [-0.25, -0.2) is 0 Å². The lowest BCUT2D eigenvalue weighted by Crippen LogP contribution is -2.46. The van der Waals surface area contributed by atoms with E-state index < -0.39 is 0 Å². The standard InChI is InChI=1S/C16H28O3/c17-2-4-19-6-5-18-3-1-16-10-13-7-14(11-16)9-15(8-13)12-16/h13-15,17H,1-12H2. The van der Waals surface area contributed by atoms with Crippen molar-refractivity contribution in [2.75, 3.05) is 33.0 Å². The molecule has 0 spiro atoms. The second-order valence-corrected chi connectivity index (χ2v) is 7.12. The minimum Gasteiger partial charge on any atom is -0.394 e. The van der Waals surface area contributed by atoms with Crippen molar-refractivity contribution >= 4 is 0 Å². The highest BCUT2D eigenvalue weighted by Gasteiger charge is 2.50. The molecule has 0 aromatic heterocycles. The van der Waals surface area contributed by atoms with Crippen LogP contribution in [0.3, 0.4) is 0 Å². The Morgan fingerprint density at radius 3 is 1.84 bits per heavy atom. The van der Waals surface area contributed by atoms with E-state index in [1.165, 1.54) is 44.9 Å². The lowest BCUT2D eigenvalue weighted by molar-refractivity contribution is -0.0714. The van der Waals surface area contributed by atoms with E-state index in [-0.39, 0.29) is 6.61 Å². The lowest BCUT2D eigenvalue weighted by atomic mass is 9.49. The first-order chi connectivity index (χ1) is 9.30. The van der Waals surface area contributed by atoms with Crippen LogP contribution >= 0.6 is 0 Å². The summed E-state index contributed by atoms with van der Waals surface area (Å²) < 4.78 is 10.9. The molecule has 0 heterocycles. The van der Waals surface area contributed by atoms with Gasteiger partial charge in [-0.15, -0.1) is 0 Å². The molecule has 110 valence electrons. The van der Waals surface area contributed by atoms with Crippen LogP contribution in [-0.4, -0.2) is 38.1 Å². The third kappa shape index (κ3) is 3.32. The maximum Gasteiger partial charge on any atom is 0.0701 e. The van der Waals surface area contributed by atoms with E-state index >= 15 is 0 Å². The fraction of sp³-hybridized carbons (Fsp3) is 1.00. The zero-order chi connectivity index (χ0) is 13.1. The Morgan fingerprint density at radius 1 is 0.789 bits per heavy atom. The van der Waals surface area contributed by atoms with Crippen LogP contribution in [0.1, 0.15) is 44.9 Å². The molecule has 0 aliphatic heterocycles. The van der Waals surface area contributed by atoms with E-state index in [9.17, 15) is 0 Å². The zero-order valence-corrected chi connectivity index (χ0v) is 12.0. The maximum atomic E-state index is 8.60. The number of ether oxygens (including phenoxy) is 2. The third-order valence-electron chi connectivity index (χ3n) is 5.55. The summed E-state index contributed by atoms with van der Waals surface area (Å²) in [7, 11) is 0. The van der Waals surface area contributed by atoms with Crippen molar-refractivity contribution in [1.82, 2.24) is 0 Å². The normalized spacial score (nSPS) is 39.9. The summed E-state index contributed by atoms with van der Waals surface area (Å²) in [5, 5.41) is 8.60. The largest absolute Gasteiger partial charge is 0.394 e. The minimum absolute atomic E-state index is 0.104. The van der Waals surface area contributed by atoms with Crippen molar-refractivity contribution in [3.05, 3.63) is 0 Å². The molecule has 0 atom stereocenters. The van der Waals surface area contributed by atoms with Gasteiger partial charge in [-0.05, 0) is 68.1 Å². The molecule has 0 amide bonds. The van der Waals surface area contributed by atoms with Gasteiger partial charge < -0.3 is 14.6 Å². The molecular formula is C16H28O3. The monoisotopic (exact) mass is 268 g/mol. The molecule has 4 rings (SSSR count). The van der Waals surface area contributed by atoms with Crippen LogP contribution in [0.15, 0.2) is 0 Å². The van der Waals surface area contributed by atoms with Gasteiger partial charge in [-0.3, -0.25) is 0 Å². The molecule has 19 heavy (non-hydrogen) atoms. The highest BCUT2D eigenvalue weighted by Crippen LogP contribution is 2.61. The Bertz CT molecular complexity index is 254.